The van der Waals surface area contributed by atoms with Crippen LogP contribution in [0.5, 0.6) is 0 Å². The quantitative estimate of drug-likeness (QED) is 0.828. The molecular formula is C20H25FN4O2. The molecule has 0 spiro atoms. The van der Waals surface area contributed by atoms with Crippen LogP contribution in [-0.2, 0) is 18.4 Å². The Kier molecular flexibility index (Phi) is 5.58. The van der Waals surface area contributed by atoms with Gasteiger partial charge in [-0.2, -0.15) is 5.10 Å². The van der Waals surface area contributed by atoms with E-state index in [1.165, 1.54) is 12.1 Å². The van der Waals surface area contributed by atoms with Crippen molar-refractivity contribution in [3.8, 4) is 0 Å². The molecule has 0 radical (unpaired) electrons. The number of hydrogen-bond donors (Lipinski definition) is 0. The second kappa shape index (κ2) is 7.90. The predicted octanol–water partition coefficient (Wildman–Crippen LogP) is 2.46. The fourth-order valence-electron chi connectivity index (χ4n) is 3.44. The molecule has 1 aliphatic rings. The van der Waals surface area contributed by atoms with Gasteiger partial charge in [-0.3, -0.25) is 14.3 Å². The lowest BCUT2D eigenvalue weighted by Gasteiger charge is -2.34. The number of hydrogen-bond acceptors (Lipinski definition) is 3. The molecule has 2 amide bonds. The van der Waals surface area contributed by atoms with Crippen molar-refractivity contribution in [2.45, 2.75) is 32.9 Å². The van der Waals surface area contributed by atoms with Crippen molar-refractivity contribution in [3.05, 3.63) is 53.6 Å². The summed E-state index contributed by atoms with van der Waals surface area (Å²) in [5, 5.41) is 4.06. The summed E-state index contributed by atoms with van der Waals surface area (Å²) < 4.78 is 14.8. The van der Waals surface area contributed by atoms with Gasteiger partial charge in [-0.05, 0) is 23.6 Å². The number of amides is 2. The zero-order valence-electron chi connectivity index (χ0n) is 15.9. The third-order valence-electron chi connectivity index (χ3n) is 5.00. The second-order valence-corrected chi connectivity index (χ2v) is 7.36. The van der Waals surface area contributed by atoms with E-state index in [9.17, 15) is 14.0 Å². The summed E-state index contributed by atoms with van der Waals surface area (Å²) in [6.45, 7) is 5.37. The molecule has 2 heterocycles. The van der Waals surface area contributed by atoms with E-state index in [1.807, 2.05) is 18.7 Å². The molecular weight excluding hydrogens is 347 g/mol. The Balaban J connectivity index is 1.81. The molecule has 1 aliphatic heterocycles. The van der Waals surface area contributed by atoms with Crippen LogP contribution in [0.25, 0.3) is 0 Å². The zero-order chi connectivity index (χ0) is 19.6. The number of aromatic nitrogens is 2. The minimum atomic E-state index is -0.297. The monoisotopic (exact) mass is 372 g/mol. The molecule has 2 aromatic rings. The molecule has 3 rings (SSSR count). The average Bonchev–Trinajstić information content (AvgIpc) is 3.00. The van der Waals surface area contributed by atoms with E-state index in [0.717, 1.165) is 5.56 Å². The molecule has 7 heteroatoms. The Hall–Kier alpha value is -2.70. The topological polar surface area (TPSA) is 58.4 Å². The van der Waals surface area contributed by atoms with E-state index in [2.05, 4.69) is 5.10 Å². The highest BCUT2D eigenvalue weighted by Gasteiger charge is 2.33. The van der Waals surface area contributed by atoms with Crippen LogP contribution < -0.4 is 0 Å². The van der Waals surface area contributed by atoms with Crippen molar-refractivity contribution in [1.82, 2.24) is 19.6 Å². The van der Waals surface area contributed by atoms with Gasteiger partial charge in [0, 0.05) is 39.3 Å². The first-order chi connectivity index (χ1) is 12.8. The van der Waals surface area contributed by atoms with Crippen LogP contribution in [0, 0.1) is 11.7 Å². The highest BCUT2D eigenvalue weighted by molar-refractivity contribution is 5.94. The maximum Gasteiger partial charge on any atom is 0.257 e. The molecule has 0 N–H and O–H groups in total. The average molecular weight is 372 g/mol. The Morgan fingerprint density at radius 2 is 2.00 bits per heavy atom. The molecule has 27 heavy (non-hydrogen) atoms. The normalized spacial score (nSPS) is 18.1. The van der Waals surface area contributed by atoms with Crippen LogP contribution in [0.4, 0.5) is 4.39 Å². The van der Waals surface area contributed by atoms with E-state index in [1.54, 1.807) is 41.2 Å². The van der Waals surface area contributed by atoms with Crippen molar-refractivity contribution in [2.24, 2.45) is 13.0 Å². The highest BCUT2D eigenvalue weighted by atomic mass is 19.1. The Labute approximate surface area is 158 Å². The van der Waals surface area contributed by atoms with Gasteiger partial charge in [0.25, 0.3) is 5.91 Å². The summed E-state index contributed by atoms with van der Waals surface area (Å²) in [7, 11) is 1.77. The van der Waals surface area contributed by atoms with Crippen LogP contribution in [-0.4, -0.2) is 50.5 Å². The molecule has 0 saturated carbocycles. The third kappa shape index (κ3) is 4.35. The van der Waals surface area contributed by atoms with Crippen molar-refractivity contribution in [1.29, 1.82) is 0 Å². The standard InChI is InChI=1S/C20H25FN4O2/c1-14(2)18-13-24(20(27)16-10-22-23(3)12-16)9-8-19(26)25(18)11-15-4-6-17(21)7-5-15/h4-7,10,12,14,18H,8-9,11,13H2,1-3H3/t18-/m0/s1. The first-order valence-electron chi connectivity index (χ1n) is 9.17. The zero-order valence-corrected chi connectivity index (χ0v) is 15.9. The minimum Gasteiger partial charge on any atom is -0.336 e. The van der Waals surface area contributed by atoms with Gasteiger partial charge in [0.05, 0.1) is 17.8 Å². The van der Waals surface area contributed by atoms with Crippen LogP contribution in [0.3, 0.4) is 0 Å². The summed E-state index contributed by atoms with van der Waals surface area (Å²) in [4.78, 5) is 29.2. The van der Waals surface area contributed by atoms with Gasteiger partial charge in [0.1, 0.15) is 5.82 Å². The number of aryl methyl sites for hydroxylation is 1. The van der Waals surface area contributed by atoms with Crippen molar-refractivity contribution in [3.63, 3.8) is 0 Å². The van der Waals surface area contributed by atoms with E-state index in [0.29, 0.717) is 25.2 Å². The van der Waals surface area contributed by atoms with Crippen LogP contribution in [0.2, 0.25) is 0 Å². The van der Waals surface area contributed by atoms with Crippen LogP contribution in [0.1, 0.15) is 36.2 Å². The number of benzene rings is 1. The van der Waals surface area contributed by atoms with E-state index in [4.69, 9.17) is 0 Å². The molecule has 0 unspecified atom stereocenters. The summed E-state index contributed by atoms with van der Waals surface area (Å²) >= 11 is 0. The molecule has 1 saturated heterocycles. The van der Waals surface area contributed by atoms with Gasteiger partial charge in [0.2, 0.25) is 5.91 Å². The first kappa shape index (κ1) is 19.1. The maximum absolute atomic E-state index is 13.2. The van der Waals surface area contributed by atoms with Gasteiger partial charge in [-0.25, -0.2) is 4.39 Å². The number of rotatable bonds is 4. The summed E-state index contributed by atoms with van der Waals surface area (Å²) in [5.74, 6) is -0.212. The fourth-order valence-corrected chi connectivity index (χ4v) is 3.44. The first-order valence-corrected chi connectivity index (χ1v) is 9.17. The molecule has 0 bridgehead atoms. The molecule has 144 valence electrons. The number of carbonyl (C=O) groups is 2. The predicted molar refractivity (Wildman–Crippen MR) is 99.3 cm³/mol. The summed E-state index contributed by atoms with van der Waals surface area (Å²) in [6, 6.07) is 6.10. The van der Waals surface area contributed by atoms with Crippen LogP contribution >= 0.6 is 0 Å². The number of nitrogens with zero attached hydrogens (tertiary/aromatic N) is 4. The lowest BCUT2D eigenvalue weighted by molar-refractivity contribution is -0.134. The Morgan fingerprint density at radius 1 is 1.30 bits per heavy atom. The largest absolute Gasteiger partial charge is 0.336 e. The van der Waals surface area contributed by atoms with E-state index >= 15 is 0 Å². The smallest absolute Gasteiger partial charge is 0.257 e. The SMILES string of the molecule is CC(C)[C@@H]1CN(C(=O)c2cnn(C)c2)CCC(=O)N1Cc1ccc(F)cc1. The van der Waals surface area contributed by atoms with Gasteiger partial charge in [0.15, 0.2) is 0 Å². The van der Waals surface area contributed by atoms with Gasteiger partial charge in [-0.15, -0.1) is 0 Å². The molecule has 1 aromatic carbocycles. The lowest BCUT2D eigenvalue weighted by Crippen LogP contribution is -2.47. The molecule has 1 aromatic heterocycles. The van der Waals surface area contributed by atoms with Crippen molar-refractivity contribution in [2.75, 3.05) is 13.1 Å². The fraction of sp³-hybridized carbons (Fsp3) is 0.450. The van der Waals surface area contributed by atoms with Crippen molar-refractivity contribution < 1.29 is 14.0 Å². The molecule has 6 nitrogen and oxygen atoms in total. The van der Waals surface area contributed by atoms with Gasteiger partial charge < -0.3 is 9.80 Å². The molecule has 0 aliphatic carbocycles. The second-order valence-electron chi connectivity index (χ2n) is 7.36. The summed E-state index contributed by atoms with van der Waals surface area (Å²) in [5.41, 5.74) is 1.40. The minimum absolute atomic E-state index is 0.0134. The number of halogens is 1. The Morgan fingerprint density at radius 3 is 2.59 bits per heavy atom. The Bertz CT molecular complexity index is 816. The highest BCUT2D eigenvalue weighted by Crippen LogP contribution is 2.22. The van der Waals surface area contributed by atoms with Crippen LogP contribution in [0.15, 0.2) is 36.7 Å². The molecule has 1 atom stereocenters. The third-order valence-corrected chi connectivity index (χ3v) is 5.00. The number of carbonyl (C=O) groups excluding carboxylic acids is 2. The lowest BCUT2D eigenvalue weighted by atomic mass is 10.0. The maximum atomic E-state index is 13.2. The molecule has 1 fully saturated rings. The van der Waals surface area contributed by atoms with Gasteiger partial charge in [-0.1, -0.05) is 26.0 Å². The summed E-state index contributed by atoms with van der Waals surface area (Å²) in [6.07, 6.45) is 3.52. The van der Waals surface area contributed by atoms with E-state index < -0.39 is 0 Å². The van der Waals surface area contributed by atoms with Crippen molar-refractivity contribution >= 4 is 11.8 Å². The van der Waals surface area contributed by atoms with Gasteiger partial charge >= 0.3 is 0 Å². The van der Waals surface area contributed by atoms with E-state index in [-0.39, 0.29) is 36.0 Å².